The van der Waals surface area contributed by atoms with Crippen LogP contribution in [0, 0.1) is 19.7 Å². The van der Waals surface area contributed by atoms with Crippen molar-refractivity contribution in [1.29, 1.82) is 0 Å². The number of ether oxygens (including phenoxy) is 1. The lowest BCUT2D eigenvalue weighted by Gasteiger charge is -2.29. The van der Waals surface area contributed by atoms with E-state index in [-0.39, 0.29) is 45.4 Å². The molecule has 416 valence electrons. The van der Waals surface area contributed by atoms with Gasteiger partial charge in [-0.05, 0) is 130 Å². The largest absolute Gasteiger partial charge is 0.497 e. The molecule has 2 unspecified atom stereocenters. The molecule has 3 aliphatic rings. The Morgan fingerprint density at radius 3 is 1.80 bits per heavy atom. The summed E-state index contributed by atoms with van der Waals surface area (Å²) in [5.41, 5.74) is 13.4. The molecule has 1 fully saturated rings. The molecule has 0 saturated heterocycles. The predicted molar refractivity (Wildman–Crippen MR) is 327 cm³/mol. The van der Waals surface area contributed by atoms with Gasteiger partial charge in [0.1, 0.15) is 16.5 Å². The Hall–Kier alpha value is -7.79. The number of hydrogen-bond donors (Lipinski definition) is 3. The van der Waals surface area contributed by atoms with Crippen LogP contribution in [0.2, 0.25) is 15.1 Å². The van der Waals surface area contributed by atoms with Gasteiger partial charge in [0.05, 0.1) is 77.3 Å². The summed E-state index contributed by atoms with van der Waals surface area (Å²) < 4.78 is 10.7. The Morgan fingerprint density at radius 2 is 1.28 bits per heavy atom. The first-order chi connectivity index (χ1) is 39.4. The number of thioether (sulfide) groups is 3. The molecule has 0 bridgehead atoms. The van der Waals surface area contributed by atoms with E-state index in [4.69, 9.17) is 69.4 Å². The molecular weight excluding hydrogens is 1160 g/mol. The second-order valence-electron chi connectivity index (χ2n) is 18.6. The zero-order valence-electron chi connectivity index (χ0n) is 44.9. The fraction of sp³-hybridized carbons (Fsp3) is 0.210. The van der Waals surface area contributed by atoms with E-state index in [0.717, 1.165) is 41.0 Å². The van der Waals surface area contributed by atoms with Crippen LogP contribution in [0.3, 0.4) is 0 Å². The van der Waals surface area contributed by atoms with Crippen LogP contribution in [0.5, 0.6) is 5.75 Å². The number of benzene rings is 4. The number of aromatic nitrogens is 1. The molecule has 0 spiro atoms. The molecule has 2 aromatic heterocycles. The molecule has 1 amide bonds. The van der Waals surface area contributed by atoms with E-state index >= 15 is 0 Å². The molecule has 0 radical (unpaired) electrons. The number of nitrogens with two attached hydrogens (primary N) is 1. The van der Waals surface area contributed by atoms with Gasteiger partial charge in [-0.2, -0.15) is 0 Å². The van der Waals surface area contributed by atoms with Crippen molar-refractivity contribution in [1.82, 2.24) is 15.6 Å². The van der Waals surface area contributed by atoms with Crippen molar-refractivity contribution >= 4 is 105 Å². The van der Waals surface area contributed by atoms with Gasteiger partial charge >= 0.3 is 0 Å². The number of nitrogens with one attached hydrogen (secondary N) is 2. The zero-order valence-corrected chi connectivity index (χ0v) is 49.6. The van der Waals surface area contributed by atoms with Crippen molar-refractivity contribution in [3.8, 4) is 16.9 Å². The van der Waals surface area contributed by atoms with E-state index in [9.17, 15) is 24.0 Å². The third-order valence-electron chi connectivity index (χ3n) is 12.9. The molecule has 9 rings (SSSR count). The maximum absolute atomic E-state index is 12.6. The molecule has 82 heavy (non-hydrogen) atoms. The number of nitrogens with zero attached hydrogens (tertiary/aromatic N) is 4. The minimum atomic E-state index is -0.613. The van der Waals surface area contributed by atoms with E-state index in [1.807, 2.05) is 67.6 Å². The topological polar surface area (TPSA) is 184 Å². The van der Waals surface area contributed by atoms with E-state index < -0.39 is 17.7 Å². The molecule has 14 nitrogen and oxygen atoms in total. The van der Waals surface area contributed by atoms with Crippen molar-refractivity contribution in [3.63, 3.8) is 0 Å². The van der Waals surface area contributed by atoms with Crippen molar-refractivity contribution in [3.05, 3.63) is 243 Å². The van der Waals surface area contributed by atoms with Gasteiger partial charge in [-0.1, -0.05) is 77.3 Å². The number of allylic oxidation sites excluding steroid dienone is 4. The monoisotopic (exact) mass is 1210 g/mol. The molecule has 6 aromatic rings. The summed E-state index contributed by atoms with van der Waals surface area (Å²) >= 11 is 21.6. The molecule has 4 N–H and O–H groups in total. The first kappa shape index (κ1) is 61.8. The van der Waals surface area contributed by atoms with Crippen LogP contribution < -0.4 is 21.1 Å². The lowest BCUT2D eigenvalue weighted by atomic mass is 9.84. The number of carbonyl (C=O) groups is 5. The fourth-order valence-electron chi connectivity index (χ4n) is 8.91. The quantitative estimate of drug-likeness (QED) is 0.0420. The summed E-state index contributed by atoms with van der Waals surface area (Å²) in [5.74, 6) is 0.139. The summed E-state index contributed by atoms with van der Waals surface area (Å²) in [6.07, 6.45) is 3.74. The van der Waals surface area contributed by atoms with E-state index in [0.29, 0.717) is 87.6 Å². The predicted octanol–water partition coefficient (Wildman–Crippen LogP) is 15.2. The van der Waals surface area contributed by atoms with Gasteiger partial charge in [0.25, 0.3) is 0 Å². The Labute approximate surface area is 503 Å². The second-order valence-corrected chi connectivity index (χ2v) is 22.8. The first-order valence-corrected chi connectivity index (χ1v) is 29.3. The number of dihydropyridines is 2. The molecule has 2 aliphatic heterocycles. The second kappa shape index (κ2) is 28.8. The highest BCUT2D eigenvalue weighted by atomic mass is 35.5. The standard InChI is InChI=1S/C23H19ClN2O2S.C21H16Cl2N2O3S.C18H17N3O2S/c1-14-20(15(2)27)21(17-7-5-4-6-8-17)22(25-3)23(26-14)29-13-19(28)16-9-11-18(24)12-10-16;1-11-18(12(2)26)19(17-5-4-8-28-17)20(24-3)21(25-11)29-10-16(27)14-7-6-13(22)9-15(14)23;1-20-17-14(11-5-7-13(23-2)8-6-11)9-15(12-3-4-12)21-18(17)24-10-16(19)22/h4-12,21,26H,13H2,1-2H3;4-9,19,25H,10H2,1-2H3;5-9,12H,3-4,10H2,2H3,(H2,19,22). The number of ketones is 4. The summed E-state index contributed by atoms with van der Waals surface area (Å²) in [6, 6.07) is 34.0. The third kappa shape index (κ3) is 15.4. The smallest absolute Gasteiger partial charge is 0.227 e. The van der Waals surface area contributed by atoms with Crippen LogP contribution in [0.4, 0.5) is 5.69 Å². The van der Waals surface area contributed by atoms with Crippen LogP contribution in [-0.2, 0) is 14.4 Å². The van der Waals surface area contributed by atoms with Gasteiger partial charge in [0.15, 0.2) is 23.1 Å². The van der Waals surface area contributed by atoms with Crippen molar-refractivity contribution < 1.29 is 33.1 Å². The highest BCUT2D eigenvalue weighted by Gasteiger charge is 2.37. The van der Waals surface area contributed by atoms with Gasteiger partial charge in [0.2, 0.25) is 23.0 Å². The summed E-state index contributed by atoms with van der Waals surface area (Å²) in [6.45, 7) is 29.6. The summed E-state index contributed by atoms with van der Waals surface area (Å²) in [5, 5.41) is 9.30. The molecule has 4 aromatic carbocycles. The molecule has 2 atom stereocenters. The first-order valence-electron chi connectivity index (χ1n) is 25.2. The molecular formula is C62H52Cl3N7O7S3. The number of methoxy groups -OCH3 is 1. The van der Waals surface area contributed by atoms with Crippen LogP contribution in [0.25, 0.3) is 25.7 Å². The number of hydrogen-bond acceptors (Lipinski definition) is 13. The lowest BCUT2D eigenvalue weighted by Crippen LogP contribution is -2.26. The number of amides is 1. The Bertz CT molecular complexity index is 3710. The Kier molecular flexibility index (Phi) is 21.7. The highest BCUT2D eigenvalue weighted by molar-refractivity contribution is 8.04. The average Bonchev–Trinajstić information content (AvgIpc) is 4.29. The fourth-order valence-corrected chi connectivity index (χ4v) is 12.2. The summed E-state index contributed by atoms with van der Waals surface area (Å²) in [4.78, 5) is 76.6. The molecule has 4 heterocycles. The molecule has 1 aliphatic carbocycles. The number of primary amides is 1. The Balaban J connectivity index is 0.000000178. The highest BCUT2D eigenvalue weighted by Crippen LogP contribution is 2.47. The number of halogens is 3. The van der Waals surface area contributed by atoms with Gasteiger partial charge in [-0.3, -0.25) is 29.0 Å². The minimum Gasteiger partial charge on any atom is -0.497 e. The van der Waals surface area contributed by atoms with Gasteiger partial charge in [0, 0.05) is 55.3 Å². The van der Waals surface area contributed by atoms with Crippen molar-refractivity contribution in [2.45, 2.75) is 63.3 Å². The SMILES string of the molecule is [C-]#[N+]C1=C(SCC(=O)c2ccc(Cl)cc2)NC(C)=C(C(C)=O)C1c1ccccc1.[C-]#[N+]C1=C(SCC(=O)c2ccc(Cl)cc2Cl)NC(C)=C(C(C)=O)C1c1ccco1.[C-]#[N+]c1c(-c2ccc(OC)cc2)cc(C2CC2)nc1SCC(N)=O. The molecule has 20 heteroatoms. The Morgan fingerprint density at radius 1 is 0.695 bits per heavy atom. The van der Waals surface area contributed by atoms with Gasteiger partial charge < -0.3 is 25.5 Å². The lowest BCUT2D eigenvalue weighted by molar-refractivity contribution is -0.116. The van der Waals surface area contributed by atoms with Crippen LogP contribution in [0.1, 0.15) is 96.0 Å². The third-order valence-corrected chi connectivity index (χ3v) is 16.7. The maximum Gasteiger partial charge on any atom is 0.227 e. The van der Waals surface area contributed by atoms with Crippen molar-refractivity contribution in [2.75, 3.05) is 24.4 Å². The number of Topliss-reactive ketones (excluding diaryl/α,β-unsaturated/α-hetero) is 4. The van der Waals surface area contributed by atoms with E-state index in [1.165, 1.54) is 61.5 Å². The normalized spacial score (nSPS) is 15.5. The van der Waals surface area contributed by atoms with Crippen LogP contribution in [-0.4, -0.2) is 58.4 Å². The van der Waals surface area contributed by atoms with E-state index in [1.54, 1.807) is 62.6 Å². The number of rotatable bonds is 18. The zero-order chi connectivity index (χ0) is 59.2. The van der Waals surface area contributed by atoms with Crippen molar-refractivity contribution in [2.24, 2.45) is 5.73 Å². The number of carbonyl (C=O) groups excluding carboxylic acids is 5. The molecule has 1 saturated carbocycles. The van der Waals surface area contributed by atoms with Crippen LogP contribution in [0.15, 0.2) is 175 Å². The van der Waals surface area contributed by atoms with Gasteiger partial charge in [-0.25, -0.2) is 14.5 Å². The van der Waals surface area contributed by atoms with Crippen LogP contribution >= 0.6 is 70.1 Å². The minimum absolute atomic E-state index is 0.0550. The summed E-state index contributed by atoms with van der Waals surface area (Å²) in [7, 11) is 1.62. The number of pyridine rings is 1. The number of furan rings is 1. The maximum atomic E-state index is 12.6. The average molecular weight is 1210 g/mol. The van der Waals surface area contributed by atoms with Gasteiger partial charge in [-0.15, -0.1) is 35.3 Å². The van der Waals surface area contributed by atoms with E-state index in [2.05, 4.69) is 30.2 Å².